The monoisotopic (exact) mass is 238 g/mol. The molecule has 0 bridgehead atoms. The molecule has 0 saturated heterocycles. The standard InChI is InChI=1S/C13H22N2S/c1-13(2,10-6-7-10)15-12-14-11-5-3-4-9(11)8-16-12/h9-11H,3-8H2,1-2H3,(H,14,15). The number of hydrogen-bond acceptors (Lipinski definition) is 3. The van der Waals surface area contributed by atoms with Gasteiger partial charge in [-0.2, -0.15) is 0 Å². The molecule has 0 aromatic heterocycles. The molecule has 2 saturated carbocycles. The van der Waals surface area contributed by atoms with Crippen molar-refractivity contribution in [3.8, 4) is 0 Å². The predicted octanol–water partition coefficient (Wildman–Crippen LogP) is 3.04. The number of aliphatic imine (C=N–C) groups is 1. The van der Waals surface area contributed by atoms with Crippen molar-refractivity contribution in [1.82, 2.24) is 5.32 Å². The van der Waals surface area contributed by atoms with Crippen molar-refractivity contribution in [2.75, 3.05) is 5.75 Å². The van der Waals surface area contributed by atoms with Crippen LogP contribution in [0.1, 0.15) is 46.0 Å². The topological polar surface area (TPSA) is 24.4 Å². The van der Waals surface area contributed by atoms with Crippen molar-refractivity contribution in [3.05, 3.63) is 0 Å². The molecule has 0 aromatic rings. The molecule has 90 valence electrons. The van der Waals surface area contributed by atoms with Crippen molar-refractivity contribution < 1.29 is 0 Å². The first kappa shape index (κ1) is 10.9. The van der Waals surface area contributed by atoms with Gasteiger partial charge >= 0.3 is 0 Å². The van der Waals surface area contributed by atoms with Gasteiger partial charge in [-0.05, 0) is 51.4 Å². The fraction of sp³-hybridized carbons (Fsp3) is 0.923. The third-order valence-corrected chi connectivity index (χ3v) is 5.44. The van der Waals surface area contributed by atoms with Crippen molar-refractivity contribution in [3.63, 3.8) is 0 Å². The molecule has 0 amide bonds. The fourth-order valence-corrected chi connectivity index (χ4v) is 4.31. The molecule has 0 spiro atoms. The number of thioether (sulfide) groups is 1. The lowest BCUT2D eigenvalue weighted by molar-refractivity contribution is 0.401. The fourth-order valence-electron chi connectivity index (χ4n) is 3.01. The van der Waals surface area contributed by atoms with Gasteiger partial charge in [0.25, 0.3) is 0 Å². The van der Waals surface area contributed by atoms with E-state index in [1.165, 1.54) is 43.0 Å². The highest BCUT2D eigenvalue weighted by Gasteiger charge is 2.39. The van der Waals surface area contributed by atoms with Crippen molar-refractivity contribution in [2.24, 2.45) is 16.8 Å². The highest BCUT2D eigenvalue weighted by Crippen LogP contribution is 2.40. The Bertz CT molecular complexity index is 307. The molecule has 2 aliphatic carbocycles. The normalized spacial score (nSPS) is 34.5. The maximum atomic E-state index is 4.91. The molecular formula is C13H22N2S. The van der Waals surface area contributed by atoms with Crippen molar-refractivity contribution in [1.29, 1.82) is 0 Å². The lowest BCUT2D eigenvalue weighted by Gasteiger charge is -2.31. The third kappa shape index (κ3) is 2.11. The van der Waals surface area contributed by atoms with Crippen LogP contribution in [0.2, 0.25) is 0 Å². The van der Waals surface area contributed by atoms with Crippen LogP contribution >= 0.6 is 11.8 Å². The molecule has 2 unspecified atom stereocenters. The largest absolute Gasteiger partial charge is 0.360 e. The van der Waals surface area contributed by atoms with Gasteiger partial charge in [-0.3, -0.25) is 4.99 Å². The second kappa shape index (κ2) is 3.94. The van der Waals surface area contributed by atoms with E-state index in [1.54, 1.807) is 0 Å². The Morgan fingerprint density at radius 2 is 2.06 bits per heavy atom. The molecule has 2 fully saturated rings. The second-order valence-electron chi connectivity index (χ2n) is 6.12. The van der Waals surface area contributed by atoms with Crippen LogP contribution in [-0.2, 0) is 0 Å². The van der Waals surface area contributed by atoms with Gasteiger partial charge in [0.15, 0.2) is 5.17 Å². The number of amidine groups is 1. The van der Waals surface area contributed by atoms with Gasteiger partial charge in [0.1, 0.15) is 0 Å². The van der Waals surface area contributed by atoms with Gasteiger partial charge in [-0.25, -0.2) is 0 Å². The number of nitrogens with zero attached hydrogens (tertiary/aromatic N) is 1. The minimum Gasteiger partial charge on any atom is -0.360 e. The summed E-state index contributed by atoms with van der Waals surface area (Å²) in [6.45, 7) is 4.66. The third-order valence-electron chi connectivity index (χ3n) is 4.36. The molecule has 0 aromatic carbocycles. The highest BCUT2D eigenvalue weighted by atomic mass is 32.2. The lowest BCUT2D eigenvalue weighted by Crippen LogP contribution is -2.45. The Balaban J connectivity index is 1.66. The minimum atomic E-state index is 0.261. The summed E-state index contributed by atoms with van der Waals surface area (Å²) in [6.07, 6.45) is 6.90. The molecule has 3 rings (SSSR count). The van der Waals surface area contributed by atoms with E-state index in [0.29, 0.717) is 6.04 Å². The second-order valence-corrected chi connectivity index (χ2v) is 7.13. The van der Waals surface area contributed by atoms with Gasteiger partial charge < -0.3 is 5.32 Å². The van der Waals surface area contributed by atoms with Crippen molar-refractivity contribution >= 4 is 16.9 Å². The first-order chi connectivity index (χ1) is 7.65. The zero-order valence-electron chi connectivity index (χ0n) is 10.3. The van der Waals surface area contributed by atoms with Crippen LogP contribution in [0, 0.1) is 11.8 Å². The van der Waals surface area contributed by atoms with Crippen LogP contribution in [-0.4, -0.2) is 22.5 Å². The van der Waals surface area contributed by atoms with Crippen LogP contribution in [0.15, 0.2) is 4.99 Å². The number of nitrogens with one attached hydrogen (secondary N) is 1. The predicted molar refractivity (Wildman–Crippen MR) is 71.0 cm³/mol. The first-order valence-corrected chi connectivity index (χ1v) is 7.62. The summed E-state index contributed by atoms with van der Waals surface area (Å²) in [7, 11) is 0. The molecule has 1 heterocycles. The summed E-state index contributed by atoms with van der Waals surface area (Å²) in [5.41, 5.74) is 0.261. The molecule has 3 heteroatoms. The van der Waals surface area contributed by atoms with Gasteiger partial charge in [0.2, 0.25) is 0 Å². The molecule has 0 radical (unpaired) electrons. The summed E-state index contributed by atoms with van der Waals surface area (Å²) in [6, 6.07) is 0.638. The van der Waals surface area contributed by atoms with Crippen molar-refractivity contribution in [2.45, 2.75) is 57.5 Å². The molecule has 1 aliphatic heterocycles. The van der Waals surface area contributed by atoms with Gasteiger partial charge in [0, 0.05) is 11.3 Å². The summed E-state index contributed by atoms with van der Waals surface area (Å²) in [5.74, 6) is 3.04. The van der Waals surface area contributed by atoms with E-state index in [9.17, 15) is 0 Å². The maximum absolute atomic E-state index is 4.91. The van der Waals surface area contributed by atoms with E-state index >= 15 is 0 Å². The molecule has 2 atom stereocenters. The number of rotatable bonds is 2. The summed E-state index contributed by atoms with van der Waals surface area (Å²) >= 11 is 1.95. The number of hydrogen-bond donors (Lipinski definition) is 1. The van der Waals surface area contributed by atoms with Crippen LogP contribution in [0.5, 0.6) is 0 Å². The average molecular weight is 238 g/mol. The Hall–Kier alpha value is -0.180. The summed E-state index contributed by atoms with van der Waals surface area (Å²) in [5, 5.41) is 4.90. The van der Waals surface area contributed by atoms with Gasteiger partial charge in [0.05, 0.1) is 6.04 Å². The van der Waals surface area contributed by atoms with E-state index in [-0.39, 0.29) is 5.54 Å². The summed E-state index contributed by atoms with van der Waals surface area (Å²) < 4.78 is 0. The molecule has 2 nitrogen and oxygen atoms in total. The Kier molecular flexibility index (Phi) is 2.69. The van der Waals surface area contributed by atoms with Crippen LogP contribution < -0.4 is 5.32 Å². The van der Waals surface area contributed by atoms with E-state index in [1.807, 2.05) is 11.8 Å². The Labute approximate surface area is 103 Å². The highest BCUT2D eigenvalue weighted by molar-refractivity contribution is 8.13. The van der Waals surface area contributed by atoms with E-state index in [0.717, 1.165) is 11.8 Å². The first-order valence-electron chi connectivity index (χ1n) is 6.64. The Morgan fingerprint density at radius 3 is 2.81 bits per heavy atom. The van der Waals surface area contributed by atoms with Gasteiger partial charge in [-0.15, -0.1) is 0 Å². The lowest BCUT2D eigenvalue weighted by atomic mass is 9.99. The van der Waals surface area contributed by atoms with E-state index < -0.39 is 0 Å². The molecule has 3 aliphatic rings. The Morgan fingerprint density at radius 1 is 1.25 bits per heavy atom. The van der Waals surface area contributed by atoms with E-state index in [2.05, 4.69) is 19.2 Å². The molecule has 1 N–H and O–H groups in total. The molecule has 16 heavy (non-hydrogen) atoms. The molecular weight excluding hydrogens is 216 g/mol. The quantitative estimate of drug-likeness (QED) is 0.799. The SMILES string of the molecule is CC(C)(NC1=NC2CCCC2CS1)C1CC1. The average Bonchev–Trinajstić information content (AvgIpc) is 2.99. The van der Waals surface area contributed by atoms with Crippen LogP contribution in [0.4, 0.5) is 0 Å². The summed E-state index contributed by atoms with van der Waals surface area (Å²) in [4.78, 5) is 4.91. The maximum Gasteiger partial charge on any atom is 0.157 e. The zero-order chi connectivity index (χ0) is 11.2. The minimum absolute atomic E-state index is 0.261. The smallest absolute Gasteiger partial charge is 0.157 e. The zero-order valence-corrected chi connectivity index (χ0v) is 11.1. The van der Waals surface area contributed by atoms with Crippen LogP contribution in [0.3, 0.4) is 0 Å². The van der Waals surface area contributed by atoms with Crippen LogP contribution in [0.25, 0.3) is 0 Å². The number of fused-ring (bicyclic) bond motifs is 1. The van der Waals surface area contributed by atoms with Gasteiger partial charge in [-0.1, -0.05) is 18.2 Å². The van der Waals surface area contributed by atoms with E-state index in [4.69, 9.17) is 4.99 Å².